The molecule has 0 bridgehead atoms. The van der Waals surface area contributed by atoms with Crippen molar-refractivity contribution >= 4 is 0 Å². The van der Waals surface area contributed by atoms with E-state index in [4.69, 9.17) is 14.9 Å². The number of hydrogen-bond acceptors (Lipinski definition) is 4. The molecule has 0 amide bonds. The van der Waals surface area contributed by atoms with Crippen LogP contribution >= 0.6 is 0 Å². The molecule has 0 N–H and O–H groups in total. The molecule has 0 atom stereocenters. The van der Waals surface area contributed by atoms with Gasteiger partial charge in [0, 0.05) is 5.23 Å². The molecule has 0 saturated heterocycles. The van der Waals surface area contributed by atoms with Crippen LogP contribution < -0.4 is 4.84 Å². The number of hydrogen-bond donors (Lipinski definition) is 0. The normalized spacial score (nSPS) is 15.3. The van der Waals surface area contributed by atoms with Crippen molar-refractivity contribution in [3.8, 4) is 11.8 Å². The molecule has 1 aliphatic heterocycles. The number of rotatable bonds is 2. The van der Waals surface area contributed by atoms with Crippen molar-refractivity contribution in [3.05, 3.63) is 41.7 Å². The van der Waals surface area contributed by atoms with Gasteiger partial charge in [-0.2, -0.15) is 5.26 Å². The fraction of sp³-hybridized carbons (Fsp3) is 0.182. The predicted molar refractivity (Wildman–Crippen MR) is 53.3 cm³/mol. The molecule has 1 aromatic rings. The Morgan fingerprint density at radius 1 is 1.40 bits per heavy atom. The minimum absolute atomic E-state index is 0.603. The van der Waals surface area contributed by atoms with Crippen LogP contribution in [-0.4, -0.2) is 11.8 Å². The highest BCUT2D eigenvalue weighted by atomic mass is 17.0. The fourth-order valence-electron chi connectivity index (χ4n) is 1.20. The molecule has 76 valence electrons. The van der Waals surface area contributed by atoms with Crippen LogP contribution in [0.2, 0.25) is 0 Å². The summed E-state index contributed by atoms with van der Waals surface area (Å²) in [6.45, 7) is 2.47. The zero-order valence-corrected chi connectivity index (χ0v) is 8.30. The van der Waals surface area contributed by atoms with Crippen LogP contribution in [0.5, 0.6) is 5.75 Å². The van der Waals surface area contributed by atoms with Gasteiger partial charge in [0.15, 0.2) is 5.75 Å². The topological polar surface area (TPSA) is 45.5 Å². The zero-order chi connectivity index (χ0) is 10.7. The van der Waals surface area contributed by atoms with Crippen molar-refractivity contribution in [1.82, 2.24) is 5.23 Å². The third-order valence-electron chi connectivity index (χ3n) is 1.96. The second-order valence-electron chi connectivity index (χ2n) is 3.15. The first kappa shape index (κ1) is 9.56. The van der Waals surface area contributed by atoms with Gasteiger partial charge in [0.05, 0.1) is 18.2 Å². The molecule has 1 aromatic carbocycles. The van der Waals surface area contributed by atoms with Gasteiger partial charge in [0.25, 0.3) is 0 Å². The van der Waals surface area contributed by atoms with Crippen LogP contribution in [0.1, 0.15) is 12.5 Å². The van der Waals surface area contributed by atoms with Crippen LogP contribution in [0.25, 0.3) is 0 Å². The third-order valence-corrected chi connectivity index (χ3v) is 1.96. The lowest BCUT2D eigenvalue weighted by Gasteiger charge is -2.15. The van der Waals surface area contributed by atoms with E-state index in [-0.39, 0.29) is 0 Å². The maximum atomic E-state index is 8.61. The number of allylic oxidation sites excluding steroid dienone is 1. The smallest absolute Gasteiger partial charge is 0.151 e. The molecule has 0 spiro atoms. The average molecular weight is 202 g/mol. The van der Waals surface area contributed by atoms with Crippen molar-refractivity contribution in [2.75, 3.05) is 6.54 Å². The van der Waals surface area contributed by atoms with Gasteiger partial charge in [-0.1, -0.05) is 0 Å². The lowest BCUT2D eigenvalue weighted by molar-refractivity contribution is -0.274. The van der Waals surface area contributed by atoms with E-state index < -0.39 is 0 Å². The Labute approximate surface area is 87.8 Å². The monoisotopic (exact) mass is 202 g/mol. The highest BCUT2D eigenvalue weighted by Gasteiger charge is 2.13. The zero-order valence-electron chi connectivity index (χ0n) is 8.30. The van der Waals surface area contributed by atoms with Gasteiger partial charge in [-0.05, 0) is 37.3 Å². The molecule has 4 heteroatoms. The molecular formula is C11H10N2O2. The molecule has 1 heterocycles. The maximum Gasteiger partial charge on any atom is 0.151 e. The molecular weight excluding hydrogens is 192 g/mol. The van der Waals surface area contributed by atoms with Gasteiger partial charge >= 0.3 is 0 Å². The van der Waals surface area contributed by atoms with Crippen LogP contribution in [0, 0.1) is 11.3 Å². The van der Waals surface area contributed by atoms with E-state index >= 15 is 0 Å². The predicted octanol–water partition coefficient (Wildman–Crippen LogP) is 2.00. The minimum atomic E-state index is 0.603. The molecule has 0 saturated carbocycles. The van der Waals surface area contributed by atoms with Gasteiger partial charge in [-0.3, -0.25) is 0 Å². The molecule has 15 heavy (non-hydrogen) atoms. The number of nitriles is 1. The van der Waals surface area contributed by atoms with Crippen molar-refractivity contribution in [2.45, 2.75) is 6.92 Å². The highest BCUT2D eigenvalue weighted by Crippen LogP contribution is 2.17. The van der Waals surface area contributed by atoms with Crippen LogP contribution in [0.4, 0.5) is 0 Å². The Balaban J connectivity index is 1.97. The molecule has 0 aliphatic carbocycles. The van der Waals surface area contributed by atoms with Crippen molar-refractivity contribution in [1.29, 1.82) is 5.26 Å². The number of hydroxylamine groups is 2. The molecule has 0 unspecified atom stereocenters. The fourth-order valence-corrected chi connectivity index (χ4v) is 1.20. The first-order valence-electron chi connectivity index (χ1n) is 4.58. The minimum Gasteiger partial charge on any atom is -0.376 e. The summed E-state index contributed by atoms with van der Waals surface area (Å²) in [5.41, 5.74) is 0.610. The van der Waals surface area contributed by atoms with E-state index in [0.29, 0.717) is 17.9 Å². The second-order valence-corrected chi connectivity index (χ2v) is 3.15. The maximum absolute atomic E-state index is 8.61. The van der Waals surface area contributed by atoms with Gasteiger partial charge in [0.1, 0.15) is 5.76 Å². The summed E-state index contributed by atoms with van der Waals surface area (Å²) >= 11 is 0. The molecule has 4 nitrogen and oxygen atoms in total. The van der Waals surface area contributed by atoms with Crippen molar-refractivity contribution in [3.63, 3.8) is 0 Å². The van der Waals surface area contributed by atoms with Crippen molar-refractivity contribution < 1.29 is 9.68 Å². The Bertz CT molecular complexity index is 417. The standard InChI is InChI=1S/C11H10N2O2/c1-9-6-7-13(14-9)15-11-4-2-10(8-12)3-5-11/h2-6H,7H2,1H3. The lowest BCUT2D eigenvalue weighted by atomic mass is 10.2. The number of benzene rings is 1. The first-order chi connectivity index (χ1) is 7.28. The van der Waals surface area contributed by atoms with Crippen LogP contribution in [0.3, 0.4) is 0 Å². The first-order valence-corrected chi connectivity index (χ1v) is 4.58. The summed E-state index contributed by atoms with van der Waals surface area (Å²) in [6.07, 6.45) is 1.92. The summed E-state index contributed by atoms with van der Waals surface area (Å²) in [4.78, 5) is 10.6. The Morgan fingerprint density at radius 3 is 2.67 bits per heavy atom. The summed E-state index contributed by atoms with van der Waals surface area (Å²) in [6, 6.07) is 8.91. The largest absolute Gasteiger partial charge is 0.376 e. The second kappa shape index (κ2) is 4.03. The summed E-state index contributed by atoms with van der Waals surface area (Å²) in [5.74, 6) is 1.47. The van der Waals surface area contributed by atoms with E-state index in [1.807, 2.05) is 19.1 Å². The van der Waals surface area contributed by atoms with E-state index in [0.717, 1.165) is 5.76 Å². The molecule has 0 fully saturated rings. The lowest BCUT2D eigenvalue weighted by Crippen LogP contribution is -2.22. The summed E-state index contributed by atoms with van der Waals surface area (Å²) in [7, 11) is 0. The molecule has 2 rings (SSSR count). The molecule has 0 radical (unpaired) electrons. The Hall–Kier alpha value is -1.99. The van der Waals surface area contributed by atoms with E-state index in [9.17, 15) is 0 Å². The van der Waals surface area contributed by atoms with Gasteiger partial charge in [-0.15, -0.1) is 0 Å². The highest BCUT2D eigenvalue weighted by molar-refractivity contribution is 5.34. The summed E-state index contributed by atoms with van der Waals surface area (Å²) in [5, 5.41) is 10.00. The van der Waals surface area contributed by atoms with Gasteiger partial charge in [0.2, 0.25) is 0 Å². The van der Waals surface area contributed by atoms with Crippen LogP contribution in [-0.2, 0) is 4.84 Å². The van der Waals surface area contributed by atoms with Crippen molar-refractivity contribution in [2.24, 2.45) is 0 Å². The average Bonchev–Trinajstić information content (AvgIpc) is 2.65. The van der Waals surface area contributed by atoms with Gasteiger partial charge < -0.3 is 9.68 Å². The third kappa shape index (κ3) is 2.27. The van der Waals surface area contributed by atoms with E-state index in [2.05, 4.69) is 0 Å². The Kier molecular flexibility index (Phi) is 2.57. The summed E-state index contributed by atoms with van der Waals surface area (Å²) < 4.78 is 0. The van der Waals surface area contributed by atoms with E-state index in [1.54, 1.807) is 24.3 Å². The molecule has 1 aliphatic rings. The molecule has 0 aromatic heterocycles. The number of nitrogens with zero attached hydrogens (tertiary/aromatic N) is 2. The SMILES string of the molecule is CC1=CCN(Oc2ccc(C#N)cc2)O1. The van der Waals surface area contributed by atoms with Crippen LogP contribution in [0.15, 0.2) is 36.1 Å². The quantitative estimate of drug-likeness (QED) is 0.735. The Morgan fingerprint density at radius 2 is 2.13 bits per heavy atom. The van der Waals surface area contributed by atoms with Gasteiger partial charge in [-0.25, -0.2) is 0 Å². The van der Waals surface area contributed by atoms with E-state index in [1.165, 1.54) is 5.23 Å².